The highest BCUT2D eigenvalue weighted by Crippen LogP contribution is 2.24. The second-order valence-corrected chi connectivity index (χ2v) is 8.02. The molecule has 0 unspecified atom stereocenters. The number of likely N-dealkylation sites (tertiary alicyclic amines) is 1. The van der Waals surface area contributed by atoms with Crippen LogP contribution in [0.3, 0.4) is 0 Å². The van der Waals surface area contributed by atoms with E-state index in [1.807, 2.05) is 29.2 Å². The highest BCUT2D eigenvalue weighted by Gasteiger charge is 2.22. The summed E-state index contributed by atoms with van der Waals surface area (Å²) in [6.45, 7) is 1.59. The van der Waals surface area contributed by atoms with Crippen molar-refractivity contribution in [2.75, 3.05) is 18.4 Å². The van der Waals surface area contributed by atoms with E-state index in [2.05, 4.69) is 25.4 Å². The second-order valence-electron chi connectivity index (χ2n) is 8.02. The summed E-state index contributed by atoms with van der Waals surface area (Å²) >= 11 is 0. The van der Waals surface area contributed by atoms with Crippen molar-refractivity contribution < 1.29 is 9.59 Å². The third kappa shape index (κ3) is 4.43. The van der Waals surface area contributed by atoms with Gasteiger partial charge in [-0.25, -0.2) is 19.5 Å². The zero-order chi connectivity index (χ0) is 22.6. The van der Waals surface area contributed by atoms with Crippen molar-refractivity contribution in [3.63, 3.8) is 0 Å². The van der Waals surface area contributed by atoms with E-state index in [1.165, 1.54) is 12.7 Å². The highest BCUT2D eigenvalue weighted by molar-refractivity contribution is 6.01. The van der Waals surface area contributed by atoms with Gasteiger partial charge in [-0.2, -0.15) is 5.10 Å². The van der Waals surface area contributed by atoms with Crippen molar-refractivity contribution in [3.05, 3.63) is 72.6 Å². The maximum Gasteiger partial charge on any atom is 0.257 e. The van der Waals surface area contributed by atoms with Crippen molar-refractivity contribution in [2.45, 2.75) is 25.7 Å². The van der Waals surface area contributed by atoms with Crippen LogP contribution in [0.15, 0.2) is 61.4 Å². The lowest BCUT2D eigenvalue weighted by Gasteiger charge is -2.26. The Bertz CT molecular complexity index is 1280. The minimum Gasteiger partial charge on any atom is -0.339 e. The predicted molar refractivity (Wildman–Crippen MR) is 123 cm³/mol. The molecule has 166 valence electrons. The summed E-state index contributed by atoms with van der Waals surface area (Å²) in [5.74, 6) is 0.288. The van der Waals surface area contributed by atoms with Gasteiger partial charge in [-0.3, -0.25) is 9.59 Å². The van der Waals surface area contributed by atoms with E-state index in [4.69, 9.17) is 0 Å². The molecule has 1 aliphatic heterocycles. The molecular weight excluding hydrogens is 418 g/mol. The number of piperidine rings is 1. The molecule has 0 radical (unpaired) electrons. The third-order valence-corrected chi connectivity index (χ3v) is 5.72. The van der Waals surface area contributed by atoms with Crippen LogP contribution in [0.2, 0.25) is 0 Å². The van der Waals surface area contributed by atoms with Gasteiger partial charge < -0.3 is 10.2 Å². The number of rotatable bonds is 5. The van der Waals surface area contributed by atoms with Gasteiger partial charge in [0.25, 0.3) is 5.91 Å². The quantitative estimate of drug-likeness (QED) is 0.510. The van der Waals surface area contributed by atoms with Crippen molar-refractivity contribution >= 4 is 23.1 Å². The molecule has 0 saturated carbocycles. The lowest BCUT2D eigenvalue weighted by molar-refractivity contribution is -0.115. The average molecular weight is 441 g/mol. The van der Waals surface area contributed by atoms with Gasteiger partial charge in [0, 0.05) is 37.2 Å². The van der Waals surface area contributed by atoms with Crippen LogP contribution in [-0.4, -0.2) is 54.4 Å². The van der Waals surface area contributed by atoms with E-state index in [0.717, 1.165) is 48.3 Å². The Kier molecular flexibility index (Phi) is 5.75. The van der Waals surface area contributed by atoms with Crippen LogP contribution in [-0.2, 0) is 11.2 Å². The first-order chi connectivity index (χ1) is 16.2. The van der Waals surface area contributed by atoms with E-state index in [0.29, 0.717) is 11.4 Å². The number of hydrogen-bond donors (Lipinski definition) is 1. The van der Waals surface area contributed by atoms with Crippen LogP contribution >= 0.6 is 0 Å². The number of pyridine rings is 2. The zero-order valence-corrected chi connectivity index (χ0v) is 18.0. The molecule has 0 aliphatic carbocycles. The van der Waals surface area contributed by atoms with Crippen LogP contribution in [0.25, 0.3) is 16.8 Å². The molecule has 4 aromatic heterocycles. The van der Waals surface area contributed by atoms with E-state index in [9.17, 15) is 9.59 Å². The Balaban J connectivity index is 1.34. The number of aromatic nitrogens is 5. The second kappa shape index (κ2) is 9.15. The number of nitrogens with one attached hydrogen (secondary N) is 1. The normalized spacial score (nSPS) is 13.8. The summed E-state index contributed by atoms with van der Waals surface area (Å²) in [4.78, 5) is 39.4. The molecule has 2 amide bonds. The van der Waals surface area contributed by atoms with E-state index in [1.54, 1.807) is 35.4 Å². The van der Waals surface area contributed by atoms with Gasteiger partial charge >= 0.3 is 0 Å². The van der Waals surface area contributed by atoms with Crippen LogP contribution < -0.4 is 5.32 Å². The summed E-state index contributed by atoms with van der Waals surface area (Å²) in [6.07, 6.45) is 11.4. The summed E-state index contributed by atoms with van der Waals surface area (Å²) in [6, 6.07) is 9.37. The minimum atomic E-state index is -0.194. The Morgan fingerprint density at radius 1 is 0.939 bits per heavy atom. The van der Waals surface area contributed by atoms with Gasteiger partial charge in [0.05, 0.1) is 29.4 Å². The van der Waals surface area contributed by atoms with Crippen molar-refractivity contribution in [1.29, 1.82) is 0 Å². The first-order valence-corrected chi connectivity index (χ1v) is 11.0. The van der Waals surface area contributed by atoms with E-state index < -0.39 is 0 Å². The van der Waals surface area contributed by atoms with Crippen molar-refractivity contribution in [1.82, 2.24) is 29.5 Å². The molecule has 1 fully saturated rings. The van der Waals surface area contributed by atoms with Crippen molar-refractivity contribution in [2.24, 2.45) is 0 Å². The van der Waals surface area contributed by atoms with Crippen LogP contribution in [0.5, 0.6) is 0 Å². The van der Waals surface area contributed by atoms with Gasteiger partial charge in [-0.15, -0.1) is 0 Å². The number of hydrogen-bond acceptors (Lipinski definition) is 6. The first-order valence-electron chi connectivity index (χ1n) is 11.0. The number of fused-ring (bicyclic) bond motifs is 1. The molecule has 9 nitrogen and oxygen atoms in total. The van der Waals surface area contributed by atoms with Gasteiger partial charge in [-0.05, 0) is 49.1 Å². The Hall–Kier alpha value is -4.14. The lowest BCUT2D eigenvalue weighted by atomic mass is 10.1. The molecule has 0 spiro atoms. The number of nitrogens with zero attached hydrogens (tertiary/aromatic N) is 6. The van der Waals surface area contributed by atoms with Gasteiger partial charge in [-0.1, -0.05) is 6.07 Å². The maximum absolute atomic E-state index is 13.0. The monoisotopic (exact) mass is 441 g/mol. The maximum atomic E-state index is 13.0. The zero-order valence-electron chi connectivity index (χ0n) is 18.0. The van der Waals surface area contributed by atoms with E-state index in [-0.39, 0.29) is 18.2 Å². The molecule has 0 atom stereocenters. The third-order valence-electron chi connectivity index (χ3n) is 5.72. The smallest absolute Gasteiger partial charge is 0.257 e. The number of carbonyl (C=O) groups is 2. The predicted octanol–water partition coefficient (Wildman–Crippen LogP) is 2.99. The highest BCUT2D eigenvalue weighted by atomic mass is 16.2. The first kappa shape index (κ1) is 20.7. The molecule has 33 heavy (non-hydrogen) atoms. The molecule has 5 heterocycles. The topological polar surface area (TPSA) is 105 Å². The van der Waals surface area contributed by atoms with Crippen molar-refractivity contribution in [3.8, 4) is 11.3 Å². The molecule has 1 N–H and O–H groups in total. The molecule has 0 aromatic carbocycles. The standard InChI is InChI=1S/C24H23N7O2/c32-23(11-17-12-25-16-26-13-17)29-22-8-7-18(14-27-22)20-5-4-6-21-19(15-28-31(20)21)24(33)30-9-2-1-3-10-30/h4-8,12-16H,1-3,9-11H2,(H,27,29,32). The largest absolute Gasteiger partial charge is 0.339 e. The number of amides is 2. The molecule has 0 bridgehead atoms. The Morgan fingerprint density at radius 3 is 2.52 bits per heavy atom. The van der Waals surface area contributed by atoms with Gasteiger partial charge in [0.2, 0.25) is 5.91 Å². The number of anilines is 1. The Morgan fingerprint density at radius 2 is 1.76 bits per heavy atom. The molecule has 1 aliphatic rings. The van der Waals surface area contributed by atoms with E-state index >= 15 is 0 Å². The fraction of sp³-hybridized carbons (Fsp3) is 0.250. The van der Waals surface area contributed by atoms with Crippen LogP contribution in [0, 0.1) is 0 Å². The Labute approximate surface area is 190 Å². The minimum absolute atomic E-state index is 0.0295. The fourth-order valence-corrected chi connectivity index (χ4v) is 4.07. The molecule has 1 saturated heterocycles. The lowest BCUT2D eigenvalue weighted by Crippen LogP contribution is -2.35. The summed E-state index contributed by atoms with van der Waals surface area (Å²) in [7, 11) is 0. The SMILES string of the molecule is O=C(Cc1cncnc1)Nc1ccc(-c2cccc3c(C(=O)N4CCCCC4)cnn23)cn1. The molecule has 4 aromatic rings. The van der Waals surface area contributed by atoms with Crippen LogP contribution in [0.4, 0.5) is 5.82 Å². The molecule has 9 heteroatoms. The van der Waals surface area contributed by atoms with Crippen LogP contribution in [0.1, 0.15) is 35.2 Å². The average Bonchev–Trinajstić information content (AvgIpc) is 3.29. The van der Waals surface area contributed by atoms with Gasteiger partial charge in [0.1, 0.15) is 12.1 Å². The summed E-state index contributed by atoms with van der Waals surface area (Å²) < 4.78 is 1.77. The molecular formula is C24H23N7O2. The van der Waals surface area contributed by atoms with Gasteiger partial charge in [0.15, 0.2) is 0 Å². The summed E-state index contributed by atoms with van der Waals surface area (Å²) in [5.41, 5.74) is 3.75. The molecule has 5 rings (SSSR count). The number of carbonyl (C=O) groups excluding carboxylic acids is 2. The summed E-state index contributed by atoms with van der Waals surface area (Å²) in [5, 5.41) is 7.27. The fourth-order valence-electron chi connectivity index (χ4n) is 4.07.